The van der Waals surface area contributed by atoms with E-state index >= 15 is 0 Å². The van der Waals surface area contributed by atoms with Crippen LogP contribution < -0.4 is 11.3 Å². The summed E-state index contributed by atoms with van der Waals surface area (Å²) in [4.78, 5) is 9.83. The molecule has 0 amide bonds. The summed E-state index contributed by atoms with van der Waals surface area (Å²) in [5.74, 6) is 6.03. The highest BCUT2D eigenvalue weighted by molar-refractivity contribution is 7.99. The summed E-state index contributed by atoms with van der Waals surface area (Å²) in [5, 5.41) is 1.59. The summed E-state index contributed by atoms with van der Waals surface area (Å²) in [6.07, 6.45) is 1.94. The fourth-order valence-corrected chi connectivity index (χ4v) is 2.79. The Hall–Kier alpha value is -1.24. The van der Waals surface area contributed by atoms with E-state index in [1.54, 1.807) is 11.8 Å². The number of nitrogens with one attached hydrogen (secondary N) is 1. The van der Waals surface area contributed by atoms with Crippen molar-refractivity contribution in [3.05, 3.63) is 35.9 Å². The van der Waals surface area contributed by atoms with Crippen LogP contribution in [0.5, 0.6) is 0 Å². The van der Waals surface area contributed by atoms with Crippen molar-refractivity contribution >= 4 is 29.3 Å². The van der Waals surface area contributed by atoms with Gasteiger partial charge in [0.05, 0.1) is 0 Å². The molecule has 0 saturated heterocycles. The molecule has 0 atom stereocenters. The van der Waals surface area contributed by atoms with Gasteiger partial charge in [0.15, 0.2) is 5.16 Å². The largest absolute Gasteiger partial charge is 0.308 e. The zero-order valence-electron chi connectivity index (χ0n) is 10.2. The topological polar surface area (TPSA) is 63.8 Å². The second kappa shape index (κ2) is 6.08. The fraction of sp³-hybridized carbons (Fsp3) is 0.167. The molecule has 0 spiro atoms. The molecule has 1 aromatic heterocycles. The Balaban J connectivity index is 2.28. The number of aromatic nitrogens is 2. The van der Waals surface area contributed by atoms with Crippen molar-refractivity contribution in [2.75, 3.05) is 11.7 Å². The molecular weight excluding hydrogens is 264 g/mol. The first kappa shape index (κ1) is 13.2. The predicted octanol–water partition coefficient (Wildman–Crippen LogP) is 2.94. The Bertz CT molecular complexity index is 523. The molecule has 2 rings (SSSR count). The van der Waals surface area contributed by atoms with Crippen LogP contribution in [0.2, 0.25) is 0 Å². The maximum atomic E-state index is 5.40. The molecule has 1 heterocycles. The first-order chi connectivity index (χ1) is 8.71. The lowest BCUT2D eigenvalue weighted by Crippen LogP contribution is -2.09. The molecule has 0 aliphatic carbocycles. The van der Waals surface area contributed by atoms with Crippen molar-refractivity contribution in [1.82, 2.24) is 9.97 Å². The number of hydrazine groups is 1. The van der Waals surface area contributed by atoms with E-state index < -0.39 is 0 Å². The van der Waals surface area contributed by atoms with Crippen molar-refractivity contribution in [3.8, 4) is 0 Å². The number of nitrogens with two attached hydrogens (primary N) is 1. The Labute approximate surface area is 115 Å². The van der Waals surface area contributed by atoms with Gasteiger partial charge < -0.3 is 5.43 Å². The lowest BCUT2D eigenvalue weighted by atomic mass is 10.2. The number of anilines is 1. The van der Waals surface area contributed by atoms with E-state index in [4.69, 9.17) is 5.84 Å². The average molecular weight is 278 g/mol. The molecule has 0 aliphatic heterocycles. The highest BCUT2D eigenvalue weighted by Gasteiger charge is 2.05. The van der Waals surface area contributed by atoms with Crippen LogP contribution in [0.1, 0.15) is 5.56 Å². The average Bonchev–Trinajstić information content (AvgIpc) is 2.38. The van der Waals surface area contributed by atoms with Gasteiger partial charge in [-0.25, -0.2) is 15.8 Å². The molecule has 0 unspecified atom stereocenters. The molecule has 18 heavy (non-hydrogen) atoms. The molecular formula is C12H14N4S2. The SMILES string of the molecule is CSc1nc(NN)cc(Sc2cccc(C)c2)n1. The normalized spacial score (nSPS) is 10.4. The minimum absolute atomic E-state index is 0.629. The van der Waals surface area contributed by atoms with Crippen LogP contribution >= 0.6 is 23.5 Å². The first-order valence-corrected chi connectivity index (χ1v) is 7.39. The van der Waals surface area contributed by atoms with Crippen LogP contribution in [-0.2, 0) is 0 Å². The Morgan fingerprint density at radius 2 is 2.06 bits per heavy atom. The van der Waals surface area contributed by atoms with Crippen LogP contribution in [-0.4, -0.2) is 16.2 Å². The molecule has 0 aliphatic rings. The van der Waals surface area contributed by atoms with E-state index in [1.165, 1.54) is 17.3 Å². The number of nitrogen functional groups attached to an aromatic ring is 1. The number of hydrogen-bond acceptors (Lipinski definition) is 6. The van der Waals surface area contributed by atoms with Gasteiger partial charge in [-0.05, 0) is 25.3 Å². The lowest BCUT2D eigenvalue weighted by Gasteiger charge is -2.06. The van der Waals surface area contributed by atoms with Crippen molar-refractivity contribution in [2.24, 2.45) is 5.84 Å². The van der Waals surface area contributed by atoms with Gasteiger partial charge in [0.2, 0.25) is 0 Å². The predicted molar refractivity (Wildman–Crippen MR) is 76.9 cm³/mol. The van der Waals surface area contributed by atoms with Crippen molar-refractivity contribution in [2.45, 2.75) is 22.0 Å². The zero-order chi connectivity index (χ0) is 13.0. The third-order valence-corrected chi connectivity index (χ3v) is 3.68. The highest BCUT2D eigenvalue weighted by atomic mass is 32.2. The van der Waals surface area contributed by atoms with Crippen LogP contribution in [0.15, 0.2) is 45.4 Å². The smallest absolute Gasteiger partial charge is 0.190 e. The molecule has 0 saturated carbocycles. The second-order valence-corrected chi connectivity index (χ2v) is 5.51. The van der Waals surface area contributed by atoms with E-state index in [2.05, 4.69) is 40.5 Å². The second-order valence-electron chi connectivity index (χ2n) is 3.64. The number of rotatable bonds is 4. The van der Waals surface area contributed by atoms with Crippen LogP contribution in [0, 0.1) is 6.92 Å². The summed E-state index contributed by atoms with van der Waals surface area (Å²) in [6, 6.07) is 10.1. The highest BCUT2D eigenvalue weighted by Crippen LogP contribution is 2.29. The van der Waals surface area contributed by atoms with Gasteiger partial charge >= 0.3 is 0 Å². The van der Waals surface area contributed by atoms with Crippen LogP contribution in [0.3, 0.4) is 0 Å². The first-order valence-electron chi connectivity index (χ1n) is 5.35. The lowest BCUT2D eigenvalue weighted by molar-refractivity contribution is 0.893. The molecule has 3 N–H and O–H groups in total. The molecule has 2 aromatic rings. The molecule has 6 heteroatoms. The third kappa shape index (κ3) is 3.38. The van der Waals surface area contributed by atoms with Gasteiger partial charge in [0.1, 0.15) is 10.8 Å². The number of nitrogens with zero attached hydrogens (tertiary/aromatic N) is 2. The Morgan fingerprint density at radius 3 is 2.72 bits per heavy atom. The van der Waals surface area contributed by atoms with Gasteiger partial charge in [-0.2, -0.15) is 0 Å². The summed E-state index contributed by atoms with van der Waals surface area (Å²) in [6.45, 7) is 2.07. The maximum Gasteiger partial charge on any atom is 0.190 e. The van der Waals surface area contributed by atoms with E-state index in [9.17, 15) is 0 Å². The van der Waals surface area contributed by atoms with Gasteiger partial charge in [-0.15, -0.1) is 0 Å². The minimum Gasteiger partial charge on any atom is -0.308 e. The van der Waals surface area contributed by atoms with E-state index in [0.29, 0.717) is 11.0 Å². The summed E-state index contributed by atoms with van der Waals surface area (Å²) in [5.41, 5.74) is 3.79. The van der Waals surface area contributed by atoms with Gasteiger partial charge in [-0.3, -0.25) is 0 Å². The quantitative estimate of drug-likeness (QED) is 0.295. The summed E-state index contributed by atoms with van der Waals surface area (Å²) >= 11 is 3.10. The molecule has 94 valence electrons. The van der Waals surface area contributed by atoms with Crippen molar-refractivity contribution in [3.63, 3.8) is 0 Å². The summed E-state index contributed by atoms with van der Waals surface area (Å²) in [7, 11) is 0. The van der Waals surface area contributed by atoms with Gasteiger partial charge in [0, 0.05) is 11.0 Å². The van der Waals surface area contributed by atoms with Crippen LogP contribution in [0.4, 0.5) is 5.82 Å². The Morgan fingerprint density at radius 1 is 1.22 bits per heavy atom. The van der Waals surface area contributed by atoms with E-state index in [-0.39, 0.29) is 0 Å². The number of aryl methyl sites for hydroxylation is 1. The maximum absolute atomic E-state index is 5.40. The minimum atomic E-state index is 0.629. The number of benzene rings is 1. The van der Waals surface area contributed by atoms with Gasteiger partial charge in [0.25, 0.3) is 0 Å². The fourth-order valence-electron chi connectivity index (χ4n) is 1.42. The molecule has 0 radical (unpaired) electrons. The molecule has 4 nitrogen and oxygen atoms in total. The van der Waals surface area contributed by atoms with Crippen molar-refractivity contribution < 1.29 is 0 Å². The van der Waals surface area contributed by atoms with E-state index in [1.807, 2.05) is 18.4 Å². The van der Waals surface area contributed by atoms with Gasteiger partial charge in [-0.1, -0.05) is 41.2 Å². The summed E-state index contributed by atoms with van der Waals surface area (Å²) < 4.78 is 0. The zero-order valence-corrected chi connectivity index (χ0v) is 11.8. The standard InChI is InChI=1S/C12H14N4S2/c1-8-4-3-5-9(6-8)18-11-7-10(16-13)14-12(15-11)17-2/h3-7H,13H2,1-2H3,(H,14,15,16). The monoisotopic (exact) mass is 278 g/mol. The van der Waals surface area contributed by atoms with E-state index in [0.717, 1.165) is 9.92 Å². The molecule has 0 fully saturated rings. The third-order valence-electron chi connectivity index (χ3n) is 2.22. The van der Waals surface area contributed by atoms with Crippen LogP contribution in [0.25, 0.3) is 0 Å². The molecule has 0 bridgehead atoms. The Kier molecular flexibility index (Phi) is 4.46. The van der Waals surface area contributed by atoms with Crippen molar-refractivity contribution in [1.29, 1.82) is 0 Å². The molecule has 1 aromatic carbocycles. The number of hydrogen-bond donors (Lipinski definition) is 2. The number of thioether (sulfide) groups is 1.